The molecule has 2 atom stereocenters. The predicted octanol–water partition coefficient (Wildman–Crippen LogP) is 4.71. The molecule has 0 aliphatic carbocycles. The van der Waals surface area contributed by atoms with E-state index in [2.05, 4.69) is 26.8 Å². The number of carboxylic acid groups (broad SMARTS) is 1. The van der Waals surface area contributed by atoms with Crippen LogP contribution in [0.5, 0.6) is 11.6 Å². The van der Waals surface area contributed by atoms with Gasteiger partial charge in [0.2, 0.25) is 5.88 Å². The van der Waals surface area contributed by atoms with E-state index < -0.39 is 6.09 Å². The summed E-state index contributed by atoms with van der Waals surface area (Å²) in [6.07, 6.45) is 6.20. The van der Waals surface area contributed by atoms with E-state index in [-0.39, 0.29) is 23.4 Å². The lowest BCUT2D eigenvalue weighted by molar-refractivity contribution is 0.110. The van der Waals surface area contributed by atoms with Crippen molar-refractivity contribution >= 4 is 28.4 Å². The summed E-state index contributed by atoms with van der Waals surface area (Å²) in [6, 6.07) is 14.3. The number of benzene rings is 2. The number of fused-ring (bicyclic) bond motifs is 5. The molecule has 228 valence electrons. The van der Waals surface area contributed by atoms with E-state index in [4.69, 9.17) is 9.72 Å². The van der Waals surface area contributed by atoms with Gasteiger partial charge in [-0.15, -0.1) is 0 Å². The second-order valence-electron chi connectivity index (χ2n) is 13.2. The van der Waals surface area contributed by atoms with Crippen molar-refractivity contribution < 1.29 is 19.7 Å². The summed E-state index contributed by atoms with van der Waals surface area (Å²) in [7, 11) is 0. The summed E-state index contributed by atoms with van der Waals surface area (Å²) >= 11 is 0. The van der Waals surface area contributed by atoms with Crippen LogP contribution in [0, 0.1) is 11.3 Å². The summed E-state index contributed by atoms with van der Waals surface area (Å²) in [4.78, 5) is 25.7. The molecule has 4 saturated heterocycles. The third kappa shape index (κ3) is 4.32. The molecule has 2 bridgehead atoms. The van der Waals surface area contributed by atoms with E-state index in [0.29, 0.717) is 50.7 Å². The quantitative estimate of drug-likeness (QED) is 0.433. The van der Waals surface area contributed by atoms with E-state index >= 15 is 0 Å². The van der Waals surface area contributed by atoms with Crippen LogP contribution in [0.1, 0.15) is 55.2 Å². The summed E-state index contributed by atoms with van der Waals surface area (Å²) < 4.78 is 6.63. The molecule has 1 amide bonds. The van der Waals surface area contributed by atoms with Gasteiger partial charge >= 0.3 is 6.09 Å². The molecule has 0 saturated carbocycles. The molecule has 3 aromatic rings. The van der Waals surface area contributed by atoms with Gasteiger partial charge < -0.3 is 29.6 Å². The molecule has 5 aliphatic heterocycles. The molecule has 10 heteroatoms. The Kier molecular flexibility index (Phi) is 6.49. The van der Waals surface area contributed by atoms with Gasteiger partial charge in [0.1, 0.15) is 29.8 Å². The molecule has 44 heavy (non-hydrogen) atoms. The van der Waals surface area contributed by atoms with E-state index in [1.165, 1.54) is 17.7 Å². The number of likely N-dealkylation sites (tertiary alicyclic amines) is 1. The maximum Gasteiger partial charge on any atom is 0.407 e. The summed E-state index contributed by atoms with van der Waals surface area (Å²) in [5.74, 6) is 1.48. The highest BCUT2D eigenvalue weighted by Gasteiger charge is 2.46. The Morgan fingerprint density at radius 2 is 1.82 bits per heavy atom. The fraction of sp³-hybridized carbons (Fsp3) is 0.500. The van der Waals surface area contributed by atoms with Crippen molar-refractivity contribution in [2.75, 3.05) is 49.1 Å². The van der Waals surface area contributed by atoms with Crippen LogP contribution in [0.25, 0.3) is 10.8 Å². The minimum Gasteiger partial charge on any atom is -0.508 e. The van der Waals surface area contributed by atoms with Gasteiger partial charge in [0.15, 0.2) is 0 Å². The number of pyridine rings is 1. The van der Waals surface area contributed by atoms with E-state index in [1.54, 1.807) is 6.07 Å². The van der Waals surface area contributed by atoms with Gasteiger partial charge in [-0.05, 0) is 69.5 Å². The van der Waals surface area contributed by atoms with Gasteiger partial charge in [0.25, 0.3) is 0 Å². The first kappa shape index (κ1) is 27.3. The number of piperazine rings is 1. The number of hydrogen-bond donors (Lipinski definition) is 2. The second-order valence-corrected chi connectivity index (χ2v) is 13.2. The molecule has 8 rings (SSSR count). The van der Waals surface area contributed by atoms with Crippen molar-refractivity contribution in [1.29, 1.82) is 5.26 Å². The maximum absolute atomic E-state index is 11.9. The molecule has 6 heterocycles. The minimum atomic E-state index is -0.869. The number of carbonyl (C=O) groups is 1. The van der Waals surface area contributed by atoms with Crippen molar-refractivity contribution in [3.05, 3.63) is 53.1 Å². The summed E-state index contributed by atoms with van der Waals surface area (Å²) in [6.45, 7) is 4.84. The topological polar surface area (TPSA) is 116 Å². The molecule has 5 aliphatic rings. The lowest BCUT2D eigenvalue weighted by Crippen LogP contribution is -2.56. The van der Waals surface area contributed by atoms with Crippen LogP contribution >= 0.6 is 0 Å². The normalized spacial score (nSPS) is 23.9. The van der Waals surface area contributed by atoms with Crippen LogP contribution in [0.3, 0.4) is 0 Å². The zero-order valence-electron chi connectivity index (χ0n) is 24.9. The SMILES string of the molecule is N#Cc1c(OCC23CCCN2CCC3)nc(N2[C@@H]3CC[C@H]2CN(C(=O)O)C3)c2c1CN(c1cc(O)cc3ccccc13)CC2. The number of nitrogens with zero attached hydrogens (tertiary/aromatic N) is 6. The first-order valence-electron chi connectivity index (χ1n) is 16.0. The number of ether oxygens (including phenoxy) is 1. The Balaban J connectivity index is 1.21. The monoisotopic (exact) mass is 594 g/mol. The number of aromatic nitrogens is 1. The number of nitriles is 1. The number of hydrogen-bond acceptors (Lipinski definition) is 8. The van der Waals surface area contributed by atoms with E-state index in [1.807, 2.05) is 24.3 Å². The molecule has 0 spiro atoms. The number of anilines is 2. The highest BCUT2D eigenvalue weighted by molar-refractivity contribution is 5.95. The smallest absolute Gasteiger partial charge is 0.407 e. The lowest BCUT2D eigenvalue weighted by atomic mass is 9.93. The Bertz CT molecular complexity index is 1660. The minimum absolute atomic E-state index is 0.0170. The van der Waals surface area contributed by atoms with Crippen LogP contribution in [0.15, 0.2) is 36.4 Å². The fourth-order valence-corrected chi connectivity index (χ4v) is 8.83. The second kappa shape index (κ2) is 10.4. The Morgan fingerprint density at radius 1 is 1.07 bits per heavy atom. The Morgan fingerprint density at radius 3 is 2.55 bits per heavy atom. The Labute approximate surface area is 257 Å². The molecule has 2 N–H and O–H groups in total. The van der Waals surface area contributed by atoms with E-state index in [9.17, 15) is 20.3 Å². The number of amides is 1. The maximum atomic E-state index is 11.9. The Hall–Kier alpha value is -4.23. The number of phenolic OH excluding ortho intramolecular Hbond substituents is 1. The summed E-state index contributed by atoms with van der Waals surface area (Å²) in [5.41, 5.74) is 3.45. The van der Waals surface area contributed by atoms with Crippen molar-refractivity contribution in [2.24, 2.45) is 0 Å². The van der Waals surface area contributed by atoms with Crippen molar-refractivity contribution in [2.45, 2.75) is 69.1 Å². The zero-order chi connectivity index (χ0) is 30.0. The highest BCUT2D eigenvalue weighted by atomic mass is 16.5. The lowest BCUT2D eigenvalue weighted by Gasteiger charge is -2.43. The van der Waals surface area contributed by atoms with Gasteiger partial charge in [-0.25, -0.2) is 4.79 Å². The van der Waals surface area contributed by atoms with Gasteiger partial charge in [-0.1, -0.05) is 24.3 Å². The van der Waals surface area contributed by atoms with Crippen LogP contribution in [0.4, 0.5) is 16.3 Å². The van der Waals surface area contributed by atoms with Crippen LogP contribution in [0.2, 0.25) is 0 Å². The summed E-state index contributed by atoms with van der Waals surface area (Å²) in [5, 5.41) is 33.0. The largest absolute Gasteiger partial charge is 0.508 e. The van der Waals surface area contributed by atoms with Crippen molar-refractivity contribution in [1.82, 2.24) is 14.8 Å². The molecule has 4 fully saturated rings. The zero-order valence-corrected chi connectivity index (χ0v) is 24.9. The third-order valence-corrected chi connectivity index (χ3v) is 10.9. The van der Waals surface area contributed by atoms with Gasteiger partial charge in [0, 0.05) is 66.5 Å². The predicted molar refractivity (Wildman–Crippen MR) is 166 cm³/mol. The molecular formula is C34H38N6O4. The standard InChI is InChI=1S/C34H38N6O4/c35-17-28-29-20-37(30-16-25(41)15-22-5-1-2-6-26(22)30)14-9-27(29)31(40-23-7-8-24(40)19-38(18-23)33(42)43)36-32(28)44-21-34-10-3-12-39(34)13-4-11-34/h1-2,5-6,15-16,23-24,41H,3-4,7-14,18-21H2,(H,42,43)/t23-,24+. The van der Waals surface area contributed by atoms with Crippen LogP contribution in [-0.4, -0.2) is 88.0 Å². The van der Waals surface area contributed by atoms with Gasteiger partial charge in [-0.3, -0.25) is 4.90 Å². The molecule has 1 aromatic heterocycles. The van der Waals surface area contributed by atoms with Crippen molar-refractivity contribution in [3.8, 4) is 17.7 Å². The van der Waals surface area contributed by atoms with Gasteiger partial charge in [-0.2, -0.15) is 10.2 Å². The highest BCUT2D eigenvalue weighted by Crippen LogP contribution is 2.44. The average Bonchev–Trinajstić information content (AvgIpc) is 3.68. The number of rotatable bonds is 5. The molecular weight excluding hydrogens is 556 g/mol. The van der Waals surface area contributed by atoms with Gasteiger partial charge in [0.05, 0.1) is 5.54 Å². The molecule has 0 radical (unpaired) electrons. The van der Waals surface area contributed by atoms with E-state index in [0.717, 1.165) is 72.2 Å². The van der Waals surface area contributed by atoms with Crippen LogP contribution < -0.4 is 14.5 Å². The average molecular weight is 595 g/mol. The third-order valence-electron chi connectivity index (χ3n) is 10.9. The molecule has 10 nitrogen and oxygen atoms in total. The number of aromatic hydroxyl groups is 1. The van der Waals surface area contributed by atoms with Crippen molar-refractivity contribution in [3.63, 3.8) is 0 Å². The first-order chi connectivity index (χ1) is 21.4. The molecule has 2 aromatic carbocycles. The van der Waals surface area contributed by atoms with Crippen LogP contribution in [-0.2, 0) is 13.0 Å². The fourth-order valence-electron chi connectivity index (χ4n) is 8.83. The molecule has 0 unspecified atom stereocenters. The first-order valence-corrected chi connectivity index (χ1v) is 16.0. The number of phenols is 1.